The summed E-state index contributed by atoms with van der Waals surface area (Å²) in [5.74, 6) is -5.13. The third kappa shape index (κ3) is 3.27. The number of aliphatic hydroxyl groups excluding tert-OH is 1. The molecule has 0 fully saturated rings. The fourth-order valence-electron chi connectivity index (χ4n) is 0.479. The molecule has 0 spiro atoms. The zero-order valence-corrected chi connectivity index (χ0v) is 6.14. The van der Waals surface area contributed by atoms with E-state index in [1.54, 1.807) is 0 Å². The van der Waals surface area contributed by atoms with E-state index in [1.165, 1.54) is 6.92 Å². The number of esters is 1. The smallest absolute Gasteiger partial charge is 0.377 e. The Labute approximate surface area is 63.0 Å². The highest BCUT2D eigenvalue weighted by molar-refractivity contribution is 5.77. The van der Waals surface area contributed by atoms with Crippen molar-refractivity contribution in [3.63, 3.8) is 0 Å². The molecule has 0 unspecified atom stereocenters. The van der Waals surface area contributed by atoms with Crippen LogP contribution in [0, 0.1) is 0 Å². The maximum atomic E-state index is 12.4. The Bertz CT molecular complexity index is 136. The van der Waals surface area contributed by atoms with Gasteiger partial charge in [-0.05, 0) is 6.92 Å². The normalized spacial score (nSPS) is 11.3. The summed E-state index contributed by atoms with van der Waals surface area (Å²) in [6, 6.07) is 0. The summed E-state index contributed by atoms with van der Waals surface area (Å²) < 4.78 is 28.8. The van der Waals surface area contributed by atoms with Gasteiger partial charge in [-0.1, -0.05) is 0 Å². The van der Waals surface area contributed by atoms with Gasteiger partial charge in [-0.15, -0.1) is 0 Å². The topological polar surface area (TPSA) is 46.5 Å². The number of ether oxygens (including phenoxy) is 1. The molecule has 0 saturated carbocycles. The van der Waals surface area contributed by atoms with Crippen molar-refractivity contribution in [2.75, 3.05) is 13.2 Å². The van der Waals surface area contributed by atoms with Crippen molar-refractivity contribution >= 4 is 5.97 Å². The van der Waals surface area contributed by atoms with Crippen LogP contribution in [-0.4, -0.2) is 30.2 Å². The number of carbonyl (C=O) groups is 1. The average Bonchev–Trinajstić information content (AvgIpc) is 1.88. The van der Waals surface area contributed by atoms with Gasteiger partial charge in [-0.3, -0.25) is 0 Å². The Morgan fingerprint density at radius 1 is 1.64 bits per heavy atom. The van der Waals surface area contributed by atoms with Crippen molar-refractivity contribution in [2.45, 2.75) is 19.3 Å². The van der Waals surface area contributed by atoms with E-state index in [0.717, 1.165) is 0 Å². The molecule has 0 aliphatic heterocycles. The molecule has 0 aromatic heterocycles. The number of alkyl halides is 2. The first-order chi connectivity index (χ1) is 5.04. The van der Waals surface area contributed by atoms with Gasteiger partial charge in [0, 0.05) is 13.0 Å². The molecule has 0 bridgehead atoms. The Morgan fingerprint density at radius 2 is 2.18 bits per heavy atom. The molecule has 0 atom stereocenters. The van der Waals surface area contributed by atoms with Crippen LogP contribution in [0.4, 0.5) is 8.78 Å². The van der Waals surface area contributed by atoms with Gasteiger partial charge >= 0.3 is 11.9 Å². The lowest BCUT2D eigenvalue weighted by Gasteiger charge is -2.12. The minimum atomic E-state index is -3.55. The number of hydrogen-bond donors (Lipinski definition) is 1. The van der Waals surface area contributed by atoms with Gasteiger partial charge in [-0.25, -0.2) is 4.79 Å². The molecule has 0 aromatic carbocycles. The molecule has 66 valence electrons. The lowest BCUT2D eigenvalue weighted by molar-refractivity contribution is -0.173. The molecular formula is C6H10F2O3. The number of halogens is 2. The van der Waals surface area contributed by atoms with E-state index in [4.69, 9.17) is 5.11 Å². The molecule has 0 rings (SSSR count). The van der Waals surface area contributed by atoms with E-state index in [1.807, 2.05) is 0 Å². The van der Waals surface area contributed by atoms with Gasteiger partial charge in [0.1, 0.15) is 0 Å². The first-order valence-corrected chi connectivity index (χ1v) is 3.20. The standard InChI is InChI=1S/C6H10F2O3/c1-2-11-5(10)6(7,8)3-4-9/h9H,2-4H2,1H3. The fraction of sp³-hybridized carbons (Fsp3) is 0.833. The maximum absolute atomic E-state index is 12.4. The quantitative estimate of drug-likeness (QED) is 0.624. The highest BCUT2D eigenvalue weighted by atomic mass is 19.3. The Morgan fingerprint density at radius 3 is 2.55 bits per heavy atom. The van der Waals surface area contributed by atoms with Crippen LogP contribution in [-0.2, 0) is 9.53 Å². The van der Waals surface area contributed by atoms with Crippen molar-refractivity contribution in [1.82, 2.24) is 0 Å². The van der Waals surface area contributed by atoms with Crippen LogP contribution >= 0.6 is 0 Å². The van der Waals surface area contributed by atoms with Gasteiger partial charge in [0.15, 0.2) is 0 Å². The lowest BCUT2D eigenvalue weighted by Crippen LogP contribution is -2.31. The second kappa shape index (κ2) is 4.23. The minimum Gasteiger partial charge on any atom is -0.462 e. The fourth-order valence-corrected chi connectivity index (χ4v) is 0.479. The van der Waals surface area contributed by atoms with Crippen LogP contribution in [0.25, 0.3) is 0 Å². The summed E-state index contributed by atoms with van der Waals surface area (Å²) >= 11 is 0. The summed E-state index contributed by atoms with van der Waals surface area (Å²) in [6.45, 7) is 0.624. The van der Waals surface area contributed by atoms with E-state index in [9.17, 15) is 13.6 Å². The van der Waals surface area contributed by atoms with Crippen LogP contribution in [0.3, 0.4) is 0 Å². The van der Waals surface area contributed by atoms with Crippen molar-refractivity contribution in [1.29, 1.82) is 0 Å². The number of carbonyl (C=O) groups excluding carboxylic acids is 1. The Kier molecular flexibility index (Phi) is 3.95. The Balaban J connectivity index is 3.94. The third-order valence-corrected chi connectivity index (χ3v) is 1.000. The summed E-state index contributed by atoms with van der Waals surface area (Å²) in [7, 11) is 0. The SMILES string of the molecule is CCOC(=O)C(F)(F)CCO. The van der Waals surface area contributed by atoms with Gasteiger partial charge in [0.2, 0.25) is 0 Å². The molecule has 0 saturated heterocycles. The van der Waals surface area contributed by atoms with Crippen molar-refractivity contribution in [2.24, 2.45) is 0 Å². The molecule has 0 aromatic rings. The van der Waals surface area contributed by atoms with E-state index < -0.39 is 24.9 Å². The van der Waals surface area contributed by atoms with Crippen LogP contribution in [0.1, 0.15) is 13.3 Å². The predicted octanol–water partition coefficient (Wildman–Crippen LogP) is 0.567. The van der Waals surface area contributed by atoms with Crippen molar-refractivity contribution in [3.05, 3.63) is 0 Å². The lowest BCUT2D eigenvalue weighted by atomic mass is 10.2. The summed E-state index contributed by atoms with van der Waals surface area (Å²) in [5, 5.41) is 8.13. The van der Waals surface area contributed by atoms with Gasteiger partial charge < -0.3 is 9.84 Å². The highest BCUT2D eigenvalue weighted by Gasteiger charge is 2.39. The first kappa shape index (κ1) is 10.3. The van der Waals surface area contributed by atoms with E-state index >= 15 is 0 Å². The molecule has 0 aliphatic carbocycles. The van der Waals surface area contributed by atoms with Crippen molar-refractivity contribution < 1.29 is 23.4 Å². The largest absolute Gasteiger partial charge is 0.462 e. The second-order valence-electron chi connectivity index (χ2n) is 1.90. The molecule has 5 heteroatoms. The summed E-state index contributed by atoms with van der Waals surface area (Å²) in [5.41, 5.74) is 0. The van der Waals surface area contributed by atoms with Crippen LogP contribution in [0.5, 0.6) is 0 Å². The summed E-state index contributed by atoms with van der Waals surface area (Å²) in [4.78, 5) is 10.4. The zero-order chi connectivity index (χ0) is 8.91. The predicted molar refractivity (Wildman–Crippen MR) is 33.3 cm³/mol. The van der Waals surface area contributed by atoms with Gasteiger partial charge in [0.05, 0.1) is 6.61 Å². The maximum Gasteiger partial charge on any atom is 0.377 e. The van der Waals surface area contributed by atoms with Crippen LogP contribution in [0.2, 0.25) is 0 Å². The van der Waals surface area contributed by atoms with Crippen molar-refractivity contribution in [3.8, 4) is 0 Å². The van der Waals surface area contributed by atoms with Gasteiger partial charge in [0.25, 0.3) is 0 Å². The third-order valence-electron chi connectivity index (χ3n) is 1.000. The van der Waals surface area contributed by atoms with Gasteiger partial charge in [-0.2, -0.15) is 8.78 Å². The Hall–Kier alpha value is -0.710. The number of aliphatic hydroxyl groups is 1. The number of rotatable bonds is 4. The molecule has 0 amide bonds. The molecule has 1 N–H and O–H groups in total. The molecular weight excluding hydrogens is 158 g/mol. The van der Waals surface area contributed by atoms with E-state index in [2.05, 4.69) is 4.74 Å². The van der Waals surface area contributed by atoms with E-state index in [-0.39, 0.29) is 6.61 Å². The van der Waals surface area contributed by atoms with E-state index in [0.29, 0.717) is 0 Å². The average molecular weight is 168 g/mol. The monoisotopic (exact) mass is 168 g/mol. The first-order valence-electron chi connectivity index (χ1n) is 3.20. The minimum absolute atomic E-state index is 0.0835. The molecule has 0 aliphatic rings. The summed E-state index contributed by atoms with van der Waals surface area (Å²) in [6.07, 6.45) is -0.883. The molecule has 0 radical (unpaired) electrons. The zero-order valence-electron chi connectivity index (χ0n) is 6.14. The van der Waals surface area contributed by atoms with Crippen LogP contribution in [0.15, 0.2) is 0 Å². The molecule has 0 heterocycles. The van der Waals surface area contributed by atoms with Crippen LogP contribution < -0.4 is 0 Å². The molecule has 3 nitrogen and oxygen atoms in total. The number of hydrogen-bond acceptors (Lipinski definition) is 3. The molecule has 11 heavy (non-hydrogen) atoms. The second-order valence-corrected chi connectivity index (χ2v) is 1.90. The highest BCUT2D eigenvalue weighted by Crippen LogP contribution is 2.19.